The molecule has 0 spiro atoms. The van der Waals surface area contributed by atoms with Crippen LogP contribution >= 0.6 is 15.9 Å². The number of carbonyl (C=O) groups excluding carboxylic acids is 1. The average Bonchev–Trinajstić information content (AvgIpc) is 1.98. The van der Waals surface area contributed by atoms with Gasteiger partial charge in [-0.15, -0.1) is 0 Å². The lowest BCUT2D eigenvalue weighted by atomic mass is 9.49. The van der Waals surface area contributed by atoms with Gasteiger partial charge in [0.25, 0.3) is 0 Å². The van der Waals surface area contributed by atoms with Crippen LogP contribution in [-0.4, -0.2) is 10.2 Å². The zero-order valence-corrected chi connectivity index (χ0v) is 9.85. The summed E-state index contributed by atoms with van der Waals surface area (Å²) in [4.78, 5) is 11.6. The Morgan fingerprint density at radius 1 is 1.21 bits per heavy atom. The first-order valence-electron chi connectivity index (χ1n) is 5.50. The highest BCUT2D eigenvalue weighted by molar-refractivity contribution is 9.10. The van der Waals surface area contributed by atoms with E-state index in [-0.39, 0.29) is 15.6 Å². The summed E-state index contributed by atoms with van der Waals surface area (Å²) in [7, 11) is 0. The molecule has 2 nitrogen and oxygen atoms in total. The van der Waals surface area contributed by atoms with E-state index in [4.69, 9.17) is 5.73 Å². The standard InChI is InChI=1S/C11H16BrNO/c12-11-4-7-1-8(5-11)3-10(2-7,6-11)9(13)14/h7-8H,1-6H2,(H2,13,14)/t7-,8-,10?,11?/m0/s1. The van der Waals surface area contributed by atoms with Gasteiger partial charge >= 0.3 is 0 Å². The topological polar surface area (TPSA) is 43.1 Å². The van der Waals surface area contributed by atoms with Gasteiger partial charge in [0, 0.05) is 4.32 Å². The van der Waals surface area contributed by atoms with Crippen molar-refractivity contribution in [3.8, 4) is 0 Å². The molecule has 14 heavy (non-hydrogen) atoms. The van der Waals surface area contributed by atoms with Gasteiger partial charge in [0.1, 0.15) is 0 Å². The van der Waals surface area contributed by atoms with Crippen molar-refractivity contribution in [1.82, 2.24) is 0 Å². The Balaban J connectivity index is 2.00. The summed E-state index contributed by atoms with van der Waals surface area (Å²) < 4.78 is 0.256. The van der Waals surface area contributed by atoms with Crippen LogP contribution in [0.1, 0.15) is 38.5 Å². The number of hydrogen-bond donors (Lipinski definition) is 1. The molecule has 1 amide bonds. The third-order valence-corrected chi connectivity index (χ3v) is 5.44. The molecular formula is C11H16BrNO. The van der Waals surface area contributed by atoms with E-state index in [0.717, 1.165) is 31.1 Å². The van der Waals surface area contributed by atoms with Crippen molar-refractivity contribution in [1.29, 1.82) is 0 Å². The highest BCUT2D eigenvalue weighted by Gasteiger charge is 2.59. The van der Waals surface area contributed by atoms with Crippen LogP contribution in [-0.2, 0) is 4.79 Å². The third kappa shape index (κ3) is 1.11. The number of hydrogen-bond acceptors (Lipinski definition) is 1. The lowest BCUT2D eigenvalue weighted by Gasteiger charge is -2.59. The minimum Gasteiger partial charge on any atom is -0.369 e. The fraction of sp³-hybridized carbons (Fsp3) is 0.909. The molecule has 4 bridgehead atoms. The number of halogens is 1. The highest BCUT2D eigenvalue weighted by atomic mass is 79.9. The molecule has 0 unspecified atom stereocenters. The first-order chi connectivity index (χ1) is 6.51. The van der Waals surface area contributed by atoms with Crippen molar-refractivity contribution < 1.29 is 4.79 Å². The second-order valence-corrected chi connectivity index (χ2v) is 7.44. The van der Waals surface area contributed by atoms with Crippen LogP contribution in [0.25, 0.3) is 0 Å². The molecule has 0 aromatic rings. The minimum absolute atomic E-state index is 0.0459. The first kappa shape index (κ1) is 9.20. The lowest BCUT2D eigenvalue weighted by molar-refractivity contribution is -0.140. The molecule has 0 aromatic heterocycles. The van der Waals surface area contributed by atoms with E-state index in [9.17, 15) is 4.79 Å². The number of amides is 1. The quantitative estimate of drug-likeness (QED) is 0.720. The van der Waals surface area contributed by atoms with Gasteiger partial charge in [-0.05, 0) is 50.4 Å². The van der Waals surface area contributed by atoms with Crippen LogP contribution in [0.5, 0.6) is 0 Å². The van der Waals surface area contributed by atoms with Gasteiger partial charge in [0.2, 0.25) is 5.91 Å². The SMILES string of the molecule is NC(=O)C12C[C@@H]3C[C@H](CC(Br)(C3)C1)C2. The summed E-state index contributed by atoms with van der Waals surface area (Å²) >= 11 is 3.85. The zero-order valence-electron chi connectivity index (χ0n) is 8.26. The van der Waals surface area contributed by atoms with Gasteiger partial charge in [-0.25, -0.2) is 0 Å². The molecule has 0 radical (unpaired) electrons. The third-order valence-electron chi connectivity index (χ3n) is 4.51. The Morgan fingerprint density at radius 3 is 2.21 bits per heavy atom. The van der Waals surface area contributed by atoms with Crippen LogP contribution in [0.4, 0.5) is 0 Å². The molecular weight excluding hydrogens is 242 g/mol. The predicted octanol–water partition coefficient (Wildman–Crippen LogP) is 2.21. The van der Waals surface area contributed by atoms with Gasteiger partial charge < -0.3 is 5.73 Å². The number of rotatable bonds is 1. The van der Waals surface area contributed by atoms with Gasteiger partial charge in [0.05, 0.1) is 5.41 Å². The number of primary amides is 1. The number of alkyl halides is 1. The summed E-state index contributed by atoms with van der Waals surface area (Å²) in [6.07, 6.45) is 6.97. The minimum atomic E-state index is -0.145. The van der Waals surface area contributed by atoms with Gasteiger partial charge in [0.15, 0.2) is 0 Å². The van der Waals surface area contributed by atoms with E-state index < -0.39 is 0 Å². The molecule has 0 aromatic carbocycles. The van der Waals surface area contributed by atoms with Crippen LogP contribution in [0.2, 0.25) is 0 Å². The summed E-state index contributed by atoms with van der Waals surface area (Å²) in [6, 6.07) is 0. The molecule has 4 aliphatic carbocycles. The fourth-order valence-electron chi connectivity index (χ4n) is 4.44. The van der Waals surface area contributed by atoms with Crippen molar-refractivity contribution in [2.24, 2.45) is 23.0 Å². The molecule has 4 fully saturated rings. The Kier molecular flexibility index (Phi) is 1.67. The molecule has 3 heteroatoms. The van der Waals surface area contributed by atoms with Crippen LogP contribution in [0.15, 0.2) is 0 Å². The van der Waals surface area contributed by atoms with Crippen molar-refractivity contribution in [3.05, 3.63) is 0 Å². The first-order valence-corrected chi connectivity index (χ1v) is 6.30. The number of carbonyl (C=O) groups is 1. The molecule has 4 saturated carbocycles. The largest absolute Gasteiger partial charge is 0.369 e. The van der Waals surface area contributed by atoms with Crippen molar-refractivity contribution >= 4 is 21.8 Å². The molecule has 0 heterocycles. The maximum Gasteiger partial charge on any atom is 0.223 e. The summed E-state index contributed by atoms with van der Waals surface area (Å²) in [5, 5.41) is 0. The molecule has 4 rings (SSSR count). The second kappa shape index (κ2) is 2.55. The number of nitrogens with two attached hydrogens (primary N) is 1. The van der Waals surface area contributed by atoms with Crippen molar-refractivity contribution in [3.63, 3.8) is 0 Å². The van der Waals surface area contributed by atoms with E-state index in [0.29, 0.717) is 0 Å². The molecule has 2 N–H and O–H groups in total. The van der Waals surface area contributed by atoms with E-state index in [1.807, 2.05) is 0 Å². The van der Waals surface area contributed by atoms with E-state index in [1.54, 1.807) is 0 Å². The maximum atomic E-state index is 11.6. The normalized spacial score (nSPS) is 54.9. The Labute approximate surface area is 92.7 Å². The van der Waals surface area contributed by atoms with Crippen LogP contribution < -0.4 is 5.73 Å². The Morgan fingerprint density at radius 2 is 1.79 bits per heavy atom. The van der Waals surface area contributed by atoms with E-state index in [2.05, 4.69) is 15.9 Å². The van der Waals surface area contributed by atoms with Crippen LogP contribution in [0, 0.1) is 17.3 Å². The van der Waals surface area contributed by atoms with Crippen LogP contribution in [0.3, 0.4) is 0 Å². The monoisotopic (exact) mass is 257 g/mol. The second-order valence-electron chi connectivity index (χ2n) is 5.76. The van der Waals surface area contributed by atoms with Crippen molar-refractivity contribution in [2.45, 2.75) is 42.8 Å². The van der Waals surface area contributed by atoms with Gasteiger partial charge in [-0.2, -0.15) is 0 Å². The Bertz CT molecular complexity index is 288. The van der Waals surface area contributed by atoms with Crippen molar-refractivity contribution in [2.75, 3.05) is 0 Å². The Hall–Kier alpha value is -0.0500. The maximum absolute atomic E-state index is 11.6. The summed E-state index contributed by atoms with van der Waals surface area (Å²) in [5.74, 6) is 1.46. The fourth-order valence-corrected chi connectivity index (χ4v) is 5.89. The average molecular weight is 258 g/mol. The van der Waals surface area contributed by atoms with Gasteiger partial charge in [-0.3, -0.25) is 4.79 Å². The molecule has 0 saturated heterocycles. The summed E-state index contributed by atoms with van der Waals surface area (Å²) in [6.45, 7) is 0. The summed E-state index contributed by atoms with van der Waals surface area (Å²) in [5.41, 5.74) is 5.45. The van der Waals surface area contributed by atoms with E-state index in [1.165, 1.54) is 19.3 Å². The van der Waals surface area contributed by atoms with E-state index >= 15 is 0 Å². The molecule has 0 aliphatic heterocycles. The molecule has 78 valence electrons. The molecule has 2 atom stereocenters. The smallest absolute Gasteiger partial charge is 0.223 e. The molecule has 4 aliphatic rings. The zero-order chi connectivity index (χ0) is 9.97. The predicted molar refractivity (Wildman–Crippen MR) is 58.0 cm³/mol. The lowest BCUT2D eigenvalue weighted by Crippen LogP contribution is -2.57. The van der Waals surface area contributed by atoms with Gasteiger partial charge in [-0.1, -0.05) is 15.9 Å². The highest BCUT2D eigenvalue weighted by Crippen LogP contribution is 2.64.